The van der Waals surface area contributed by atoms with Crippen molar-refractivity contribution in [1.82, 2.24) is 0 Å². The Morgan fingerprint density at radius 1 is 0.575 bits per heavy atom. The van der Waals surface area contributed by atoms with Crippen molar-refractivity contribution in [2.75, 3.05) is 0 Å². The Morgan fingerprint density at radius 2 is 1.05 bits per heavy atom. The van der Waals surface area contributed by atoms with Gasteiger partial charge >= 0.3 is 0 Å². The van der Waals surface area contributed by atoms with E-state index in [0.717, 1.165) is 12.8 Å². The summed E-state index contributed by atoms with van der Waals surface area (Å²) in [6.45, 7) is 4.74. The van der Waals surface area contributed by atoms with Gasteiger partial charge in [0.15, 0.2) is 5.78 Å². The van der Waals surface area contributed by atoms with Gasteiger partial charge in [0.05, 0.1) is 11.8 Å². The van der Waals surface area contributed by atoms with Crippen molar-refractivity contribution in [2.45, 2.75) is 50.4 Å². The minimum absolute atomic E-state index is 0.128. The third kappa shape index (κ3) is 1.91. The van der Waals surface area contributed by atoms with Gasteiger partial charge in [-0.05, 0) is 127 Å². The number of aryl methyl sites for hydroxylation is 2. The molecule has 7 aliphatic rings. The van der Waals surface area contributed by atoms with Crippen molar-refractivity contribution in [2.24, 2.45) is 0 Å². The van der Waals surface area contributed by atoms with Crippen molar-refractivity contribution < 1.29 is 4.79 Å². The van der Waals surface area contributed by atoms with Crippen LogP contribution in [0.25, 0.3) is 33.0 Å². The predicted octanol–water partition coefficient (Wildman–Crippen LogP) is 8.97. The van der Waals surface area contributed by atoms with E-state index in [1.165, 1.54) is 99.8 Å². The van der Waals surface area contributed by atoms with Crippen molar-refractivity contribution in [3.05, 3.63) is 140 Å². The molecule has 0 bridgehead atoms. The lowest BCUT2D eigenvalue weighted by atomic mass is 9.58. The second-order valence-electron chi connectivity index (χ2n) is 12.9. The molecule has 4 aromatic rings. The van der Waals surface area contributed by atoms with Crippen LogP contribution in [-0.4, -0.2) is 5.78 Å². The van der Waals surface area contributed by atoms with E-state index >= 15 is 4.79 Å². The number of carbonyl (C=O) groups excluding carboxylic acids is 1. The van der Waals surface area contributed by atoms with Crippen molar-refractivity contribution in [3.8, 4) is 22.3 Å². The third-order valence-electron chi connectivity index (χ3n) is 11.5. The monoisotopic (exact) mass is 510 g/mol. The SMILES string of the molecule is Cc1c2c3c4c5c6c7c(c(C)c15)-c1ccccc1C7C1=C(CC=C1)C6C(=O)C4C1=C(C=CC1)C3c1ccccc1-2. The molecule has 0 radical (unpaired) electrons. The Morgan fingerprint density at radius 3 is 1.55 bits per heavy atom. The summed E-state index contributed by atoms with van der Waals surface area (Å²) in [7, 11) is 0. The molecule has 4 unspecified atom stereocenters. The fourth-order valence-electron chi connectivity index (χ4n) is 10.4. The smallest absolute Gasteiger partial charge is 0.155 e. The van der Waals surface area contributed by atoms with E-state index in [9.17, 15) is 0 Å². The van der Waals surface area contributed by atoms with E-state index in [0.29, 0.717) is 5.78 Å². The highest BCUT2D eigenvalue weighted by atomic mass is 16.1. The van der Waals surface area contributed by atoms with E-state index in [1.807, 2.05) is 0 Å². The van der Waals surface area contributed by atoms with E-state index in [2.05, 4.69) is 86.7 Å². The van der Waals surface area contributed by atoms with Gasteiger partial charge in [0.25, 0.3) is 0 Å². The summed E-state index contributed by atoms with van der Waals surface area (Å²) >= 11 is 0. The lowest BCUT2D eigenvalue weighted by Gasteiger charge is -2.43. The first kappa shape index (κ1) is 20.6. The van der Waals surface area contributed by atoms with Crippen LogP contribution < -0.4 is 0 Å². The number of hydrogen-bond acceptors (Lipinski definition) is 1. The summed E-state index contributed by atoms with van der Waals surface area (Å²) in [5, 5.41) is 2.86. The van der Waals surface area contributed by atoms with Crippen LogP contribution in [0.1, 0.15) is 81.0 Å². The zero-order chi connectivity index (χ0) is 26.2. The van der Waals surface area contributed by atoms with E-state index in [1.54, 1.807) is 0 Å². The standard InChI is InChI=1S/C39H26O/c1-17-27-18(2)29-20-10-4-6-12-22(20)31-24-14-8-16-26(24)33-38(36(29)31)34(27)37-32(39(33)40)25-15-7-13-23(25)30-21-11-5-3-9-19(21)28(17)35(30)37/h3-14,30-33H,15-16H2,1-2H3. The maximum atomic E-state index is 15.1. The molecular formula is C39H26O. The first-order chi connectivity index (χ1) is 19.7. The summed E-state index contributed by atoms with van der Waals surface area (Å²) in [6, 6.07) is 18.1. The molecule has 0 saturated carbocycles. The molecular weight excluding hydrogens is 484 g/mol. The van der Waals surface area contributed by atoms with Crippen LogP contribution >= 0.6 is 0 Å². The highest BCUT2D eigenvalue weighted by Gasteiger charge is 2.54. The summed E-state index contributed by atoms with van der Waals surface area (Å²) in [4.78, 5) is 15.1. The molecule has 0 heterocycles. The number of hydrogen-bond donors (Lipinski definition) is 0. The zero-order valence-electron chi connectivity index (χ0n) is 22.6. The Labute approximate surface area is 233 Å². The quantitative estimate of drug-likeness (QED) is 0.231. The number of Topliss-reactive ketones (excluding diaryl/α,β-unsaturated/α-hetero) is 1. The average molecular weight is 511 g/mol. The number of benzene rings is 4. The van der Waals surface area contributed by atoms with E-state index in [4.69, 9.17) is 0 Å². The normalized spacial score (nSPS) is 26.2. The Hall–Kier alpha value is -4.23. The lowest BCUT2D eigenvalue weighted by molar-refractivity contribution is -0.120. The van der Waals surface area contributed by atoms with Gasteiger partial charge in [-0.25, -0.2) is 0 Å². The lowest BCUT2D eigenvalue weighted by Crippen LogP contribution is -2.35. The third-order valence-corrected chi connectivity index (χ3v) is 11.5. The fraction of sp³-hybridized carbons (Fsp3) is 0.205. The second-order valence-corrected chi connectivity index (χ2v) is 12.9. The summed E-state index contributed by atoms with van der Waals surface area (Å²) in [5.74, 6) is 0.675. The summed E-state index contributed by atoms with van der Waals surface area (Å²) < 4.78 is 0. The molecule has 4 atom stereocenters. The molecule has 4 aromatic carbocycles. The molecule has 188 valence electrons. The molecule has 0 N–H and O–H groups in total. The molecule has 0 saturated heterocycles. The molecule has 0 fully saturated rings. The topological polar surface area (TPSA) is 17.1 Å². The predicted molar refractivity (Wildman–Crippen MR) is 160 cm³/mol. The van der Waals surface area contributed by atoms with E-state index in [-0.39, 0.29) is 23.7 Å². The average Bonchev–Trinajstić information content (AvgIpc) is 3.75. The highest BCUT2D eigenvalue weighted by molar-refractivity contribution is 6.17. The minimum Gasteiger partial charge on any atom is -0.298 e. The molecule has 1 heteroatoms. The van der Waals surface area contributed by atoms with E-state index < -0.39 is 0 Å². The van der Waals surface area contributed by atoms with Crippen LogP contribution in [0.3, 0.4) is 0 Å². The first-order valence-corrected chi connectivity index (χ1v) is 14.8. The molecule has 1 nitrogen and oxygen atoms in total. The molecule has 7 aliphatic carbocycles. The van der Waals surface area contributed by atoms with Crippen LogP contribution in [0.4, 0.5) is 0 Å². The van der Waals surface area contributed by atoms with Crippen LogP contribution in [-0.2, 0) is 4.79 Å². The van der Waals surface area contributed by atoms with Crippen LogP contribution in [0.15, 0.2) is 95.1 Å². The maximum Gasteiger partial charge on any atom is 0.155 e. The number of carbonyl (C=O) groups is 1. The Kier molecular flexibility index (Phi) is 3.30. The Bertz CT molecular complexity index is 2010. The maximum absolute atomic E-state index is 15.1. The van der Waals surface area contributed by atoms with Crippen LogP contribution in [0.2, 0.25) is 0 Å². The van der Waals surface area contributed by atoms with Gasteiger partial charge in [-0.15, -0.1) is 0 Å². The van der Waals surface area contributed by atoms with Gasteiger partial charge in [0.2, 0.25) is 0 Å². The van der Waals surface area contributed by atoms with Gasteiger partial charge in [-0.3, -0.25) is 4.79 Å². The zero-order valence-corrected chi connectivity index (χ0v) is 22.6. The summed E-state index contributed by atoms with van der Waals surface area (Å²) in [5.41, 5.74) is 22.4. The first-order valence-electron chi connectivity index (χ1n) is 14.8. The number of rotatable bonds is 0. The van der Waals surface area contributed by atoms with Gasteiger partial charge < -0.3 is 0 Å². The van der Waals surface area contributed by atoms with Crippen molar-refractivity contribution in [3.63, 3.8) is 0 Å². The second kappa shape index (κ2) is 6.39. The van der Waals surface area contributed by atoms with Gasteiger partial charge in [0, 0.05) is 11.8 Å². The molecule has 11 rings (SSSR count). The van der Waals surface area contributed by atoms with Crippen molar-refractivity contribution in [1.29, 1.82) is 0 Å². The number of ketones is 1. The molecule has 0 aliphatic heterocycles. The van der Waals surface area contributed by atoms with Gasteiger partial charge in [-0.1, -0.05) is 72.8 Å². The molecule has 0 aromatic heterocycles. The van der Waals surface area contributed by atoms with Crippen LogP contribution in [0.5, 0.6) is 0 Å². The van der Waals surface area contributed by atoms with Gasteiger partial charge in [-0.2, -0.15) is 0 Å². The van der Waals surface area contributed by atoms with Crippen molar-refractivity contribution >= 4 is 16.6 Å². The largest absolute Gasteiger partial charge is 0.298 e. The summed E-state index contributed by atoms with van der Waals surface area (Å²) in [6.07, 6.45) is 11.1. The fourth-order valence-corrected chi connectivity index (χ4v) is 10.4. The molecule has 0 spiro atoms. The van der Waals surface area contributed by atoms with Crippen LogP contribution in [0, 0.1) is 13.8 Å². The highest BCUT2D eigenvalue weighted by Crippen LogP contribution is 2.68. The number of allylic oxidation sites excluding steroid dienone is 8. The van der Waals surface area contributed by atoms with Gasteiger partial charge in [0.1, 0.15) is 0 Å². The molecule has 0 amide bonds. The minimum atomic E-state index is -0.128. The number of fused-ring (bicyclic) bond motifs is 10. The Balaban J connectivity index is 1.42. The molecule has 40 heavy (non-hydrogen) atoms.